The molecule has 2 unspecified atom stereocenters. The van der Waals surface area contributed by atoms with Crippen LogP contribution in [0.25, 0.3) is 0 Å². The number of nitrogens with one attached hydrogen (secondary N) is 2. The van der Waals surface area contributed by atoms with Crippen molar-refractivity contribution in [2.24, 2.45) is 11.8 Å². The third-order valence-electron chi connectivity index (χ3n) is 5.39. The summed E-state index contributed by atoms with van der Waals surface area (Å²) in [5.41, 5.74) is 4.74. The topological polar surface area (TPSA) is 123 Å². The smallest absolute Gasteiger partial charge is 0.269 e. The van der Waals surface area contributed by atoms with Gasteiger partial charge in [-0.25, -0.2) is 0 Å². The summed E-state index contributed by atoms with van der Waals surface area (Å²) in [5, 5.41) is 0. The molecule has 1 saturated heterocycles. The van der Waals surface area contributed by atoms with Gasteiger partial charge >= 0.3 is 0 Å². The van der Waals surface area contributed by atoms with Gasteiger partial charge < -0.3 is 14.2 Å². The number of carbonyl (C=O) groups is 4. The summed E-state index contributed by atoms with van der Waals surface area (Å²) in [6.07, 6.45) is 4.73. The van der Waals surface area contributed by atoms with Gasteiger partial charge in [-0.2, -0.15) is 0 Å². The van der Waals surface area contributed by atoms with Crippen molar-refractivity contribution >= 4 is 23.6 Å². The fourth-order valence-electron chi connectivity index (χ4n) is 3.93. The number of amides is 4. The Morgan fingerprint density at radius 1 is 0.879 bits per heavy atom. The van der Waals surface area contributed by atoms with Gasteiger partial charge in [0.05, 0.1) is 31.7 Å². The van der Waals surface area contributed by atoms with E-state index in [2.05, 4.69) is 10.9 Å². The zero-order valence-corrected chi connectivity index (χ0v) is 19.0. The summed E-state index contributed by atoms with van der Waals surface area (Å²) in [6.45, 7) is 6.05. The third kappa shape index (κ3) is 5.27. The monoisotopic (exact) mass is 459 g/mol. The van der Waals surface area contributed by atoms with Crippen LogP contribution >= 0.6 is 0 Å². The van der Waals surface area contributed by atoms with Crippen LogP contribution in [0.4, 0.5) is 0 Å². The first-order valence-electron chi connectivity index (χ1n) is 11.1. The molecule has 1 aromatic rings. The summed E-state index contributed by atoms with van der Waals surface area (Å²) in [4.78, 5) is 51.0. The number of allylic oxidation sites excluding steroid dienone is 2. The second kappa shape index (κ2) is 10.8. The van der Waals surface area contributed by atoms with Gasteiger partial charge in [0, 0.05) is 5.56 Å². The van der Waals surface area contributed by atoms with Gasteiger partial charge in [-0.05, 0) is 45.7 Å². The lowest BCUT2D eigenvalue weighted by Crippen LogP contribution is -2.47. The van der Waals surface area contributed by atoms with Gasteiger partial charge in [-0.3, -0.25) is 34.9 Å². The minimum atomic E-state index is -0.683. The number of hydrogen-bond donors (Lipinski definition) is 2. The molecule has 10 heteroatoms. The van der Waals surface area contributed by atoms with E-state index in [1.54, 1.807) is 13.8 Å². The van der Waals surface area contributed by atoms with E-state index >= 15 is 0 Å². The van der Waals surface area contributed by atoms with E-state index in [0.29, 0.717) is 49.9 Å². The molecule has 1 aromatic carbocycles. The summed E-state index contributed by atoms with van der Waals surface area (Å²) in [7, 11) is 0. The second-order valence-electron chi connectivity index (χ2n) is 7.52. The van der Waals surface area contributed by atoms with Crippen LogP contribution in [0.1, 0.15) is 44.0 Å². The highest BCUT2D eigenvalue weighted by Gasteiger charge is 2.47. The molecule has 1 aliphatic heterocycles. The molecule has 2 atom stereocenters. The van der Waals surface area contributed by atoms with E-state index < -0.39 is 30.2 Å². The molecule has 3 rings (SSSR count). The van der Waals surface area contributed by atoms with Crippen LogP contribution in [-0.2, 0) is 14.4 Å². The van der Waals surface area contributed by atoms with Gasteiger partial charge in [-0.15, -0.1) is 0 Å². The summed E-state index contributed by atoms with van der Waals surface area (Å²) in [5.74, 6) is -1.77. The molecule has 2 aliphatic rings. The molecule has 0 saturated carbocycles. The average Bonchev–Trinajstić information content (AvgIpc) is 3.04. The lowest BCUT2D eigenvalue weighted by atomic mass is 9.85. The number of hydrazine groups is 1. The summed E-state index contributed by atoms with van der Waals surface area (Å²) in [6, 6.07) is 2.98. The minimum absolute atomic E-state index is 0.177. The first kappa shape index (κ1) is 24.1. The lowest BCUT2D eigenvalue weighted by molar-refractivity contribution is -0.143. The molecule has 0 radical (unpaired) electrons. The van der Waals surface area contributed by atoms with Crippen molar-refractivity contribution < 1.29 is 33.4 Å². The van der Waals surface area contributed by atoms with Crippen LogP contribution in [0.2, 0.25) is 0 Å². The van der Waals surface area contributed by atoms with Crippen molar-refractivity contribution in [3.8, 4) is 17.2 Å². The quantitative estimate of drug-likeness (QED) is 0.327. The maximum atomic E-state index is 12.7. The van der Waals surface area contributed by atoms with Crippen LogP contribution in [0.15, 0.2) is 24.3 Å². The number of hydrogen-bond acceptors (Lipinski definition) is 7. The van der Waals surface area contributed by atoms with Crippen molar-refractivity contribution in [2.75, 3.05) is 26.4 Å². The highest BCUT2D eigenvalue weighted by molar-refractivity contribution is 6.07. The predicted molar refractivity (Wildman–Crippen MR) is 118 cm³/mol. The van der Waals surface area contributed by atoms with E-state index in [0.717, 1.165) is 4.90 Å². The highest BCUT2D eigenvalue weighted by atomic mass is 16.5. The largest absolute Gasteiger partial charge is 0.490 e. The van der Waals surface area contributed by atoms with Crippen molar-refractivity contribution in [2.45, 2.75) is 33.6 Å². The Hall–Kier alpha value is -3.56. The normalized spacial score (nSPS) is 19.2. The Labute approximate surface area is 192 Å². The lowest BCUT2D eigenvalue weighted by Gasteiger charge is -2.17. The summed E-state index contributed by atoms with van der Waals surface area (Å²) >= 11 is 0. The Morgan fingerprint density at radius 3 is 1.88 bits per heavy atom. The van der Waals surface area contributed by atoms with E-state index in [1.807, 2.05) is 19.1 Å². The SMILES string of the molecule is CCOc1cc(C(=O)NNC(=O)CN2C(=O)C3CC=CCC3C2=O)cc(OCC)c1OCC. The first-order valence-corrected chi connectivity index (χ1v) is 11.1. The Balaban J connectivity index is 1.65. The molecule has 1 aliphatic carbocycles. The molecule has 1 fully saturated rings. The van der Waals surface area contributed by atoms with E-state index in [1.165, 1.54) is 12.1 Å². The van der Waals surface area contributed by atoms with Gasteiger partial charge in [0.25, 0.3) is 11.8 Å². The second-order valence-corrected chi connectivity index (χ2v) is 7.52. The molecule has 10 nitrogen and oxygen atoms in total. The Bertz CT molecular complexity index is 906. The zero-order chi connectivity index (χ0) is 24.0. The molecule has 1 heterocycles. The number of rotatable bonds is 9. The predicted octanol–water partition coefficient (Wildman–Crippen LogP) is 1.59. The molecule has 2 N–H and O–H groups in total. The molecule has 4 amide bonds. The first-order chi connectivity index (χ1) is 15.9. The van der Waals surface area contributed by atoms with Gasteiger partial charge in [0.15, 0.2) is 11.5 Å². The van der Waals surface area contributed by atoms with Crippen LogP contribution in [0, 0.1) is 11.8 Å². The molecule has 178 valence electrons. The van der Waals surface area contributed by atoms with Crippen molar-refractivity contribution in [1.82, 2.24) is 15.8 Å². The molecule has 0 spiro atoms. The third-order valence-corrected chi connectivity index (χ3v) is 5.39. The van der Waals surface area contributed by atoms with Crippen molar-refractivity contribution in [3.63, 3.8) is 0 Å². The summed E-state index contributed by atoms with van der Waals surface area (Å²) < 4.78 is 16.8. The van der Waals surface area contributed by atoms with Crippen molar-refractivity contribution in [3.05, 3.63) is 29.8 Å². The number of imide groups is 1. The number of ether oxygens (including phenoxy) is 3. The maximum absolute atomic E-state index is 12.7. The average molecular weight is 459 g/mol. The number of fused-ring (bicyclic) bond motifs is 1. The fraction of sp³-hybridized carbons (Fsp3) is 0.478. The Kier molecular flexibility index (Phi) is 7.92. The number of nitrogens with zero attached hydrogens (tertiary/aromatic N) is 1. The number of likely N-dealkylation sites (tertiary alicyclic amines) is 1. The Morgan fingerprint density at radius 2 is 1.39 bits per heavy atom. The molecule has 33 heavy (non-hydrogen) atoms. The number of benzene rings is 1. The maximum Gasteiger partial charge on any atom is 0.269 e. The van der Waals surface area contributed by atoms with E-state index in [-0.39, 0.29) is 17.4 Å². The van der Waals surface area contributed by atoms with Crippen LogP contribution < -0.4 is 25.1 Å². The van der Waals surface area contributed by atoms with Crippen molar-refractivity contribution in [1.29, 1.82) is 0 Å². The minimum Gasteiger partial charge on any atom is -0.490 e. The molecule has 0 bridgehead atoms. The molecular weight excluding hydrogens is 430 g/mol. The van der Waals surface area contributed by atoms with Crippen LogP contribution in [0.5, 0.6) is 17.2 Å². The molecular formula is C23H29N3O7. The van der Waals surface area contributed by atoms with Gasteiger partial charge in [0.2, 0.25) is 17.6 Å². The van der Waals surface area contributed by atoms with Crippen LogP contribution in [0.3, 0.4) is 0 Å². The molecule has 0 aromatic heterocycles. The van der Waals surface area contributed by atoms with Gasteiger partial charge in [0.1, 0.15) is 6.54 Å². The van der Waals surface area contributed by atoms with Gasteiger partial charge in [-0.1, -0.05) is 12.2 Å². The number of carbonyl (C=O) groups excluding carboxylic acids is 4. The standard InChI is InChI=1S/C23H29N3O7/c1-4-31-17-11-14(12-18(32-5-2)20(17)33-6-3)21(28)25-24-19(27)13-26-22(29)15-9-7-8-10-16(15)23(26)30/h7-8,11-12,15-16H,4-6,9-10,13H2,1-3H3,(H,24,27)(H,25,28). The zero-order valence-electron chi connectivity index (χ0n) is 19.0. The fourth-order valence-corrected chi connectivity index (χ4v) is 3.93. The van der Waals surface area contributed by atoms with E-state index in [9.17, 15) is 19.2 Å². The van der Waals surface area contributed by atoms with Crippen LogP contribution in [-0.4, -0.2) is 54.9 Å². The highest BCUT2D eigenvalue weighted by Crippen LogP contribution is 2.39. The van der Waals surface area contributed by atoms with E-state index in [4.69, 9.17) is 14.2 Å².